The molecule has 1 N–H and O–H groups in total. The second kappa shape index (κ2) is 6.03. The third-order valence-electron chi connectivity index (χ3n) is 2.87. The Morgan fingerprint density at radius 1 is 1.35 bits per heavy atom. The number of alkyl halides is 1. The van der Waals surface area contributed by atoms with Crippen molar-refractivity contribution >= 4 is 23.2 Å². The molecule has 1 heterocycles. The van der Waals surface area contributed by atoms with Crippen LogP contribution in [-0.2, 0) is 9.53 Å². The molecule has 1 saturated heterocycles. The van der Waals surface area contributed by atoms with E-state index in [9.17, 15) is 4.79 Å². The highest BCUT2D eigenvalue weighted by Crippen LogP contribution is 2.28. The number of halogens is 1. The highest BCUT2D eigenvalue weighted by Gasteiger charge is 2.15. The van der Waals surface area contributed by atoms with Gasteiger partial charge in [0.25, 0.3) is 0 Å². The van der Waals surface area contributed by atoms with Crippen LogP contribution in [0.4, 0.5) is 5.69 Å². The lowest BCUT2D eigenvalue weighted by atomic mass is 10.0. The van der Waals surface area contributed by atoms with Gasteiger partial charge in [0, 0.05) is 12.3 Å². The molecule has 0 saturated carbocycles. The zero-order chi connectivity index (χ0) is 12.1. The fourth-order valence-electron chi connectivity index (χ4n) is 1.98. The summed E-state index contributed by atoms with van der Waals surface area (Å²) < 4.78 is 5.70. The molecule has 0 spiro atoms. The van der Waals surface area contributed by atoms with E-state index in [1.165, 1.54) is 12.0 Å². The van der Waals surface area contributed by atoms with E-state index in [0.29, 0.717) is 0 Å². The second-order valence-electron chi connectivity index (χ2n) is 4.16. The van der Waals surface area contributed by atoms with Crippen molar-refractivity contribution in [1.29, 1.82) is 0 Å². The zero-order valence-corrected chi connectivity index (χ0v) is 10.4. The van der Waals surface area contributed by atoms with Crippen molar-refractivity contribution in [1.82, 2.24) is 0 Å². The first-order valence-corrected chi connectivity index (χ1v) is 6.40. The van der Waals surface area contributed by atoms with Gasteiger partial charge in [-0.25, -0.2) is 0 Å². The Hall–Kier alpha value is -1.06. The van der Waals surface area contributed by atoms with Crippen LogP contribution in [0.1, 0.15) is 30.9 Å². The number of nitrogens with one attached hydrogen (secondary N) is 1. The van der Waals surface area contributed by atoms with Crippen LogP contribution in [0.25, 0.3) is 0 Å². The summed E-state index contributed by atoms with van der Waals surface area (Å²) in [6.07, 6.45) is 3.66. The Kier molecular flexibility index (Phi) is 4.40. The predicted molar refractivity (Wildman–Crippen MR) is 68.3 cm³/mol. The fourth-order valence-corrected chi connectivity index (χ4v) is 2.05. The van der Waals surface area contributed by atoms with E-state index in [1.54, 1.807) is 0 Å². The van der Waals surface area contributed by atoms with E-state index >= 15 is 0 Å². The molecule has 92 valence electrons. The van der Waals surface area contributed by atoms with Gasteiger partial charge in [-0.3, -0.25) is 4.79 Å². The summed E-state index contributed by atoms with van der Waals surface area (Å²) in [5.74, 6) is -0.207. The summed E-state index contributed by atoms with van der Waals surface area (Å²) in [5, 5.41) is 2.71. The minimum Gasteiger partial charge on any atom is -0.374 e. The van der Waals surface area contributed by atoms with Crippen molar-refractivity contribution in [2.75, 3.05) is 17.8 Å². The molecule has 1 fully saturated rings. The minimum atomic E-state index is -0.187. The highest BCUT2D eigenvalue weighted by molar-refractivity contribution is 6.29. The zero-order valence-electron chi connectivity index (χ0n) is 9.62. The number of ether oxygens (including phenoxy) is 1. The van der Waals surface area contributed by atoms with Gasteiger partial charge in [-0.05, 0) is 37.0 Å². The molecule has 1 aromatic carbocycles. The molecule has 17 heavy (non-hydrogen) atoms. The number of hydrogen-bond donors (Lipinski definition) is 1. The van der Waals surface area contributed by atoms with E-state index in [1.807, 2.05) is 24.3 Å². The molecule has 1 unspecified atom stereocenters. The first kappa shape index (κ1) is 12.4. The van der Waals surface area contributed by atoms with E-state index < -0.39 is 0 Å². The molecule has 1 amide bonds. The normalized spacial score (nSPS) is 19.9. The predicted octanol–water partition coefficient (Wildman–Crippen LogP) is 3.11. The minimum absolute atomic E-state index is 0.0203. The Bertz CT molecular complexity index is 372. The maximum atomic E-state index is 11.1. The molecule has 0 aromatic heterocycles. The molecule has 1 aliphatic rings. The fraction of sp³-hybridized carbons (Fsp3) is 0.462. The molecule has 4 heteroatoms. The van der Waals surface area contributed by atoms with E-state index in [-0.39, 0.29) is 17.9 Å². The molecule has 1 aromatic rings. The SMILES string of the molecule is O=C(CCl)Nc1ccc(C2CCCCO2)cc1. The Labute approximate surface area is 106 Å². The van der Waals surface area contributed by atoms with Gasteiger partial charge in [0.1, 0.15) is 5.88 Å². The number of rotatable bonds is 3. The number of anilines is 1. The summed E-state index contributed by atoms with van der Waals surface area (Å²) in [6.45, 7) is 0.843. The second-order valence-corrected chi connectivity index (χ2v) is 4.43. The van der Waals surface area contributed by atoms with Crippen LogP contribution in [-0.4, -0.2) is 18.4 Å². The molecule has 3 nitrogen and oxygen atoms in total. The maximum absolute atomic E-state index is 11.1. The average molecular weight is 254 g/mol. The van der Waals surface area contributed by atoms with E-state index in [2.05, 4.69) is 5.32 Å². The molecule has 2 rings (SSSR count). The third-order valence-corrected chi connectivity index (χ3v) is 3.11. The van der Waals surface area contributed by atoms with Crippen LogP contribution < -0.4 is 5.32 Å². The number of hydrogen-bond acceptors (Lipinski definition) is 2. The third kappa shape index (κ3) is 3.45. The van der Waals surface area contributed by atoms with Gasteiger partial charge in [0.05, 0.1) is 6.10 Å². The first-order valence-electron chi connectivity index (χ1n) is 5.87. The Morgan fingerprint density at radius 2 is 2.12 bits per heavy atom. The van der Waals surface area contributed by atoms with Gasteiger partial charge in [-0.2, -0.15) is 0 Å². The van der Waals surface area contributed by atoms with Crippen LogP contribution in [0.15, 0.2) is 24.3 Å². The van der Waals surface area contributed by atoms with Gasteiger partial charge < -0.3 is 10.1 Å². The molecule has 0 radical (unpaired) electrons. The molecule has 0 bridgehead atoms. The molecule has 0 aliphatic carbocycles. The lowest BCUT2D eigenvalue weighted by Crippen LogP contribution is -2.13. The molecular weight excluding hydrogens is 238 g/mol. The summed E-state index contributed by atoms with van der Waals surface area (Å²) in [5.41, 5.74) is 1.95. The largest absolute Gasteiger partial charge is 0.374 e. The van der Waals surface area contributed by atoms with Crippen LogP contribution in [0.5, 0.6) is 0 Å². The Morgan fingerprint density at radius 3 is 2.71 bits per heavy atom. The van der Waals surface area contributed by atoms with Gasteiger partial charge in [0.2, 0.25) is 5.91 Å². The van der Waals surface area contributed by atoms with Gasteiger partial charge in [-0.15, -0.1) is 11.6 Å². The summed E-state index contributed by atoms with van der Waals surface area (Å²) in [4.78, 5) is 11.1. The van der Waals surface area contributed by atoms with Crippen LogP contribution in [0, 0.1) is 0 Å². The number of carbonyl (C=O) groups is 1. The van der Waals surface area contributed by atoms with Crippen molar-refractivity contribution in [2.45, 2.75) is 25.4 Å². The summed E-state index contributed by atoms with van der Waals surface area (Å²) in [7, 11) is 0. The Balaban J connectivity index is 1.99. The van der Waals surface area contributed by atoms with Crippen LogP contribution in [0.2, 0.25) is 0 Å². The van der Waals surface area contributed by atoms with Crippen molar-refractivity contribution in [3.63, 3.8) is 0 Å². The van der Waals surface area contributed by atoms with Crippen molar-refractivity contribution in [3.8, 4) is 0 Å². The first-order chi connectivity index (χ1) is 8.29. The quantitative estimate of drug-likeness (QED) is 0.841. The summed E-state index contributed by atoms with van der Waals surface area (Å²) >= 11 is 5.42. The van der Waals surface area contributed by atoms with Gasteiger partial charge in [0.15, 0.2) is 0 Å². The number of benzene rings is 1. The number of amides is 1. The average Bonchev–Trinajstić information content (AvgIpc) is 2.40. The number of carbonyl (C=O) groups excluding carboxylic acids is 1. The van der Waals surface area contributed by atoms with Gasteiger partial charge >= 0.3 is 0 Å². The van der Waals surface area contributed by atoms with Crippen molar-refractivity contribution < 1.29 is 9.53 Å². The molecule has 1 atom stereocenters. The smallest absolute Gasteiger partial charge is 0.239 e. The standard InChI is InChI=1S/C13H16ClNO2/c14-9-13(16)15-11-6-4-10(5-7-11)12-3-1-2-8-17-12/h4-7,12H,1-3,8-9H2,(H,15,16). The van der Waals surface area contributed by atoms with Crippen molar-refractivity contribution in [2.24, 2.45) is 0 Å². The van der Waals surface area contributed by atoms with E-state index in [0.717, 1.165) is 25.1 Å². The monoisotopic (exact) mass is 253 g/mol. The lowest BCUT2D eigenvalue weighted by molar-refractivity contribution is -0.113. The van der Waals surface area contributed by atoms with Crippen LogP contribution in [0.3, 0.4) is 0 Å². The van der Waals surface area contributed by atoms with Gasteiger partial charge in [-0.1, -0.05) is 12.1 Å². The highest BCUT2D eigenvalue weighted by atomic mass is 35.5. The summed E-state index contributed by atoms with van der Waals surface area (Å²) in [6, 6.07) is 7.77. The lowest BCUT2D eigenvalue weighted by Gasteiger charge is -2.23. The van der Waals surface area contributed by atoms with Crippen LogP contribution >= 0.6 is 11.6 Å². The topological polar surface area (TPSA) is 38.3 Å². The van der Waals surface area contributed by atoms with E-state index in [4.69, 9.17) is 16.3 Å². The van der Waals surface area contributed by atoms with Crippen molar-refractivity contribution in [3.05, 3.63) is 29.8 Å². The molecule has 1 aliphatic heterocycles. The maximum Gasteiger partial charge on any atom is 0.239 e. The molecular formula is C13H16ClNO2.